The smallest absolute Gasteiger partial charge is 0.306 e. The van der Waals surface area contributed by atoms with Gasteiger partial charge in [-0.25, -0.2) is 0 Å². The van der Waals surface area contributed by atoms with E-state index >= 15 is 0 Å². The highest BCUT2D eigenvalue weighted by atomic mass is 16.5. The van der Waals surface area contributed by atoms with E-state index in [1.54, 1.807) is 24.3 Å². The summed E-state index contributed by atoms with van der Waals surface area (Å²) in [6.07, 6.45) is 5.49. The Balaban J connectivity index is 1.32. The lowest BCUT2D eigenvalue weighted by atomic mass is 9.95. The standard InChI is InChI=1S/C24H28N2O5/c27-22(25-18-7-3-1-4-8-18)15-16-24(29)30-17-23(28)26-19-11-13-21(14-12-19)31-20-9-5-2-6-10-20/h2,5-6,9-14,18H,1,3-4,7-8,15-17H2,(H,25,27)(H,26,28). The van der Waals surface area contributed by atoms with Gasteiger partial charge < -0.3 is 20.1 Å². The third kappa shape index (κ3) is 8.12. The normalized spacial score (nSPS) is 13.8. The first-order chi connectivity index (χ1) is 15.1. The molecular formula is C24H28N2O5. The van der Waals surface area contributed by atoms with Gasteiger partial charge in [0.25, 0.3) is 5.91 Å². The average molecular weight is 424 g/mol. The number of carbonyl (C=O) groups excluding carboxylic acids is 3. The maximum atomic E-state index is 12.0. The molecule has 0 unspecified atom stereocenters. The molecule has 7 heteroatoms. The second-order valence-electron chi connectivity index (χ2n) is 7.55. The van der Waals surface area contributed by atoms with E-state index in [2.05, 4.69) is 10.6 Å². The molecule has 1 aliphatic rings. The largest absolute Gasteiger partial charge is 0.457 e. The molecule has 0 spiro atoms. The lowest BCUT2D eigenvalue weighted by molar-refractivity contribution is -0.148. The topological polar surface area (TPSA) is 93.7 Å². The molecule has 1 saturated carbocycles. The van der Waals surface area contributed by atoms with E-state index < -0.39 is 18.5 Å². The molecular weight excluding hydrogens is 396 g/mol. The minimum absolute atomic E-state index is 0.0443. The molecule has 2 amide bonds. The van der Waals surface area contributed by atoms with Crippen LogP contribution in [0.1, 0.15) is 44.9 Å². The Labute approximate surface area is 182 Å². The molecule has 0 aliphatic heterocycles. The van der Waals surface area contributed by atoms with Gasteiger partial charge in [-0.1, -0.05) is 37.5 Å². The third-order valence-corrected chi connectivity index (χ3v) is 5.01. The van der Waals surface area contributed by atoms with Crippen molar-refractivity contribution in [2.24, 2.45) is 0 Å². The summed E-state index contributed by atoms with van der Waals surface area (Å²) in [6, 6.07) is 16.5. The van der Waals surface area contributed by atoms with Crippen LogP contribution in [-0.2, 0) is 19.1 Å². The van der Waals surface area contributed by atoms with E-state index in [1.807, 2.05) is 30.3 Å². The fourth-order valence-electron chi connectivity index (χ4n) is 3.41. The van der Waals surface area contributed by atoms with Crippen molar-refractivity contribution < 1.29 is 23.9 Å². The van der Waals surface area contributed by atoms with E-state index in [4.69, 9.17) is 9.47 Å². The van der Waals surface area contributed by atoms with Crippen LogP contribution >= 0.6 is 0 Å². The maximum absolute atomic E-state index is 12.0. The zero-order valence-electron chi connectivity index (χ0n) is 17.5. The van der Waals surface area contributed by atoms with Crippen molar-refractivity contribution in [3.63, 3.8) is 0 Å². The first-order valence-electron chi connectivity index (χ1n) is 10.7. The maximum Gasteiger partial charge on any atom is 0.306 e. The van der Waals surface area contributed by atoms with Gasteiger partial charge in [-0.05, 0) is 49.2 Å². The number of nitrogens with one attached hydrogen (secondary N) is 2. The van der Waals surface area contributed by atoms with Gasteiger partial charge in [-0.2, -0.15) is 0 Å². The summed E-state index contributed by atoms with van der Waals surface area (Å²) < 4.78 is 10.7. The average Bonchev–Trinajstić information content (AvgIpc) is 2.79. The number of para-hydroxylation sites is 1. The predicted molar refractivity (Wildman–Crippen MR) is 117 cm³/mol. The minimum atomic E-state index is -0.569. The molecule has 0 radical (unpaired) electrons. The highest BCUT2D eigenvalue weighted by molar-refractivity contribution is 5.93. The van der Waals surface area contributed by atoms with E-state index in [-0.39, 0.29) is 24.8 Å². The monoisotopic (exact) mass is 424 g/mol. The summed E-state index contributed by atoms with van der Waals surface area (Å²) in [7, 11) is 0. The second kappa shape index (κ2) is 11.7. The van der Waals surface area contributed by atoms with Crippen LogP contribution in [0.2, 0.25) is 0 Å². The van der Waals surface area contributed by atoms with Crippen LogP contribution in [-0.4, -0.2) is 30.4 Å². The van der Waals surface area contributed by atoms with E-state index in [0.29, 0.717) is 11.4 Å². The SMILES string of the molecule is O=C(COC(=O)CCC(=O)NC1CCCCC1)Nc1ccc(Oc2ccccc2)cc1. The van der Waals surface area contributed by atoms with Crippen molar-refractivity contribution in [1.82, 2.24) is 5.32 Å². The van der Waals surface area contributed by atoms with Crippen LogP contribution in [0.5, 0.6) is 11.5 Å². The van der Waals surface area contributed by atoms with Crippen molar-refractivity contribution in [2.75, 3.05) is 11.9 Å². The Morgan fingerprint density at radius 1 is 0.806 bits per heavy atom. The quantitative estimate of drug-likeness (QED) is 0.589. The van der Waals surface area contributed by atoms with E-state index in [1.165, 1.54) is 6.42 Å². The molecule has 2 aromatic carbocycles. The van der Waals surface area contributed by atoms with Crippen LogP contribution < -0.4 is 15.4 Å². The first-order valence-corrected chi connectivity index (χ1v) is 10.7. The molecule has 7 nitrogen and oxygen atoms in total. The van der Waals surface area contributed by atoms with Gasteiger partial charge in [0.2, 0.25) is 5.91 Å². The summed E-state index contributed by atoms with van der Waals surface area (Å²) in [5, 5.41) is 5.61. The van der Waals surface area contributed by atoms with Crippen LogP contribution in [0.3, 0.4) is 0 Å². The Morgan fingerprint density at radius 3 is 2.19 bits per heavy atom. The molecule has 164 valence electrons. The summed E-state index contributed by atoms with van der Waals surface area (Å²) in [5.74, 6) is 0.198. The Bertz CT molecular complexity index is 861. The fraction of sp³-hybridized carbons (Fsp3) is 0.375. The number of ether oxygens (including phenoxy) is 2. The van der Waals surface area contributed by atoms with Crippen molar-refractivity contribution in [1.29, 1.82) is 0 Å². The summed E-state index contributed by atoms with van der Waals surface area (Å²) >= 11 is 0. The number of hydrogen-bond donors (Lipinski definition) is 2. The van der Waals surface area contributed by atoms with Crippen LogP contribution in [0.25, 0.3) is 0 Å². The van der Waals surface area contributed by atoms with Gasteiger partial charge in [-0.3, -0.25) is 14.4 Å². The molecule has 0 bridgehead atoms. The predicted octanol–water partition coefficient (Wildman–Crippen LogP) is 4.19. The van der Waals surface area contributed by atoms with Gasteiger partial charge in [-0.15, -0.1) is 0 Å². The van der Waals surface area contributed by atoms with Crippen molar-refractivity contribution in [2.45, 2.75) is 51.0 Å². The number of esters is 1. The summed E-state index contributed by atoms with van der Waals surface area (Å²) in [4.78, 5) is 35.7. The second-order valence-corrected chi connectivity index (χ2v) is 7.55. The van der Waals surface area contributed by atoms with Gasteiger partial charge in [0.15, 0.2) is 6.61 Å². The van der Waals surface area contributed by atoms with Crippen LogP contribution in [0.15, 0.2) is 54.6 Å². The van der Waals surface area contributed by atoms with Crippen molar-refractivity contribution >= 4 is 23.5 Å². The van der Waals surface area contributed by atoms with Crippen LogP contribution in [0.4, 0.5) is 5.69 Å². The minimum Gasteiger partial charge on any atom is -0.457 e. The molecule has 1 fully saturated rings. The first kappa shape index (κ1) is 22.3. The van der Waals surface area contributed by atoms with Crippen LogP contribution in [0, 0.1) is 0 Å². The molecule has 2 N–H and O–H groups in total. The Morgan fingerprint density at radius 2 is 1.48 bits per heavy atom. The molecule has 2 aromatic rings. The number of amides is 2. The highest BCUT2D eigenvalue weighted by Gasteiger charge is 2.17. The van der Waals surface area contributed by atoms with E-state index in [9.17, 15) is 14.4 Å². The number of benzene rings is 2. The number of rotatable bonds is 9. The Hall–Kier alpha value is -3.35. The van der Waals surface area contributed by atoms with Crippen molar-refractivity contribution in [3.05, 3.63) is 54.6 Å². The van der Waals surface area contributed by atoms with Gasteiger partial charge in [0, 0.05) is 18.2 Å². The van der Waals surface area contributed by atoms with Gasteiger partial charge >= 0.3 is 5.97 Å². The number of carbonyl (C=O) groups is 3. The summed E-state index contributed by atoms with van der Waals surface area (Å²) in [5.41, 5.74) is 0.563. The fourth-order valence-corrected chi connectivity index (χ4v) is 3.41. The lowest BCUT2D eigenvalue weighted by Crippen LogP contribution is -2.36. The number of hydrogen-bond acceptors (Lipinski definition) is 5. The van der Waals surface area contributed by atoms with Gasteiger partial charge in [0.05, 0.1) is 6.42 Å². The molecule has 3 rings (SSSR count). The third-order valence-electron chi connectivity index (χ3n) is 5.01. The molecule has 0 heterocycles. The summed E-state index contributed by atoms with van der Waals surface area (Å²) in [6.45, 7) is -0.397. The van der Waals surface area contributed by atoms with E-state index in [0.717, 1.165) is 31.4 Å². The lowest BCUT2D eigenvalue weighted by Gasteiger charge is -2.22. The van der Waals surface area contributed by atoms with Crippen molar-refractivity contribution in [3.8, 4) is 11.5 Å². The molecule has 31 heavy (non-hydrogen) atoms. The molecule has 0 saturated heterocycles. The molecule has 0 atom stereocenters. The Kier molecular flexibility index (Phi) is 8.46. The zero-order chi connectivity index (χ0) is 21.9. The van der Waals surface area contributed by atoms with Gasteiger partial charge in [0.1, 0.15) is 11.5 Å². The molecule has 0 aromatic heterocycles. The number of anilines is 1. The molecule has 1 aliphatic carbocycles. The zero-order valence-corrected chi connectivity index (χ0v) is 17.5. The highest BCUT2D eigenvalue weighted by Crippen LogP contribution is 2.22.